The number of pyridine rings is 1. The van der Waals surface area contributed by atoms with E-state index in [0.29, 0.717) is 6.04 Å². The Morgan fingerprint density at radius 3 is 3.10 bits per heavy atom. The fraction of sp³-hybridized carbons (Fsp3) is 0.600. The summed E-state index contributed by atoms with van der Waals surface area (Å²) in [6.45, 7) is 2.97. The first kappa shape index (κ1) is 12.3. The molecule has 2 atom stereocenters. The van der Waals surface area contributed by atoms with Gasteiger partial charge in [0.05, 0.1) is 0 Å². The van der Waals surface area contributed by atoms with E-state index >= 15 is 0 Å². The third kappa shape index (κ3) is 2.01. The van der Waals surface area contributed by atoms with Gasteiger partial charge >= 0.3 is 0 Å². The van der Waals surface area contributed by atoms with Gasteiger partial charge in [0.25, 0.3) is 0 Å². The number of piperidine rings is 1. The minimum atomic E-state index is 0.145. The maximum absolute atomic E-state index is 5.87. The molecular weight excluding hydrogens is 252 g/mol. The number of hydrogen-bond acceptors (Lipinski definition) is 4. The van der Waals surface area contributed by atoms with E-state index in [4.69, 9.17) is 9.72 Å². The van der Waals surface area contributed by atoms with Crippen LogP contribution in [-0.4, -0.2) is 34.2 Å². The van der Waals surface area contributed by atoms with Gasteiger partial charge in [-0.25, -0.2) is 9.97 Å². The van der Waals surface area contributed by atoms with Crippen LogP contribution < -0.4 is 5.32 Å². The summed E-state index contributed by atoms with van der Waals surface area (Å²) in [4.78, 5) is 9.38. The Morgan fingerprint density at radius 1 is 1.30 bits per heavy atom. The van der Waals surface area contributed by atoms with E-state index in [1.807, 2.05) is 18.3 Å². The van der Waals surface area contributed by atoms with Gasteiger partial charge in [-0.15, -0.1) is 0 Å². The quantitative estimate of drug-likeness (QED) is 0.910. The largest absolute Gasteiger partial charge is 0.370 e. The molecule has 2 aromatic heterocycles. The fourth-order valence-electron chi connectivity index (χ4n) is 3.37. The Labute approximate surface area is 118 Å². The molecule has 0 aliphatic carbocycles. The third-order valence-electron chi connectivity index (χ3n) is 4.33. The average molecular weight is 272 g/mol. The summed E-state index contributed by atoms with van der Waals surface area (Å²) >= 11 is 0. The zero-order valence-corrected chi connectivity index (χ0v) is 11.6. The number of hydrogen-bond donors (Lipinski definition) is 1. The average Bonchev–Trinajstić information content (AvgIpc) is 3.15. The SMILES string of the molecule is c1cnc2c(c1)nc(C1CCCO1)n2C1CCCNC1. The van der Waals surface area contributed by atoms with Crippen LogP contribution in [0.2, 0.25) is 0 Å². The Bertz CT molecular complexity index is 597. The number of imidazole rings is 1. The minimum Gasteiger partial charge on any atom is -0.370 e. The summed E-state index contributed by atoms with van der Waals surface area (Å²) in [5.74, 6) is 1.07. The second-order valence-electron chi connectivity index (χ2n) is 5.69. The highest BCUT2D eigenvalue weighted by atomic mass is 16.5. The van der Waals surface area contributed by atoms with Crippen LogP contribution in [0.4, 0.5) is 0 Å². The molecule has 1 N–H and O–H groups in total. The Hall–Kier alpha value is -1.46. The van der Waals surface area contributed by atoms with E-state index in [-0.39, 0.29) is 6.10 Å². The number of fused-ring (bicyclic) bond motifs is 1. The summed E-state index contributed by atoms with van der Waals surface area (Å²) in [6.07, 6.45) is 6.60. The van der Waals surface area contributed by atoms with Gasteiger partial charge in [0.15, 0.2) is 5.65 Å². The standard InChI is InChI=1S/C15H20N4O/c1-4-11(10-16-7-1)19-14-12(5-2-8-17-14)18-15(19)13-6-3-9-20-13/h2,5,8,11,13,16H,1,3-4,6-7,9-10H2. The molecular formula is C15H20N4O. The van der Waals surface area contributed by atoms with Crippen molar-refractivity contribution < 1.29 is 4.74 Å². The third-order valence-corrected chi connectivity index (χ3v) is 4.33. The molecule has 106 valence electrons. The van der Waals surface area contributed by atoms with Gasteiger partial charge in [-0.05, 0) is 44.4 Å². The number of rotatable bonds is 2. The normalized spacial score (nSPS) is 27.2. The number of ether oxygens (including phenoxy) is 1. The molecule has 2 fully saturated rings. The fourth-order valence-corrected chi connectivity index (χ4v) is 3.37. The highest BCUT2D eigenvalue weighted by Crippen LogP contribution is 2.33. The van der Waals surface area contributed by atoms with Gasteiger partial charge in [-0.2, -0.15) is 0 Å². The van der Waals surface area contributed by atoms with Crippen LogP contribution in [0, 0.1) is 0 Å². The molecule has 0 spiro atoms. The van der Waals surface area contributed by atoms with E-state index in [1.165, 1.54) is 12.8 Å². The summed E-state index contributed by atoms with van der Waals surface area (Å²) in [5.41, 5.74) is 2.00. The van der Waals surface area contributed by atoms with Crippen LogP contribution in [0.5, 0.6) is 0 Å². The molecule has 0 aromatic carbocycles. The van der Waals surface area contributed by atoms with Crippen molar-refractivity contribution in [3.63, 3.8) is 0 Å². The monoisotopic (exact) mass is 272 g/mol. The lowest BCUT2D eigenvalue weighted by molar-refractivity contribution is 0.0999. The van der Waals surface area contributed by atoms with Crippen LogP contribution in [0.25, 0.3) is 11.2 Å². The van der Waals surface area contributed by atoms with Crippen LogP contribution in [-0.2, 0) is 4.74 Å². The molecule has 5 nitrogen and oxygen atoms in total. The predicted octanol–water partition coefficient (Wildman–Crippen LogP) is 2.21. The highest BCUT2D eigenvalue weighted by Gasteiger charge is 2.28. The second-order valence-corrected chi connectivity index (χ2v) is 5.69. The van der Waals surface area contributed by atoms with E-state index in [1.54, 1.807) is 0 Å². The van der Waals surface area contributed by atoms with Gasteiger partial charge in [-0.3, -0.25) is 0 Å². The first-order valence-electron chi connectivity index (χ1n) is 7.58. The first-order valence-corrected chi connectivity index (χ1v) is 7.58. The summed E-state index contributed by atoms with van der Waals surface area (Å²) < 4.78 is 8.20. The predicted molar refractivity (Wildman–Crippen MR) is 76.6 cm³/mol. The van der Waals surface area contributed by atoms with Crippen molar-refractivity contribution in [1.82, 2.24) is 19.9 Å². The molecule has 2 unspecified atom stereocenters. The second kappa shape index (κ2) is 5.14. The number of aromatic nitrogens is 3. The van der Waals surface area contributed by atoms with Crippen LogP contribution >= 0.6 is 0 Å². The lowest BCUT2D eigenvalue weighted by atomic mass is 10.1. The molecule has 5 heteroatoms. The number of nitrogens with zero attached hydrogens (tertiary/aromatic N) is 3. The highest BCUT2D eigenvalue weighted by molar-refractivity contribution is 5.71. The van der Waals surface area contributed by atoms with Crippen molar-refractivity contribution in [2.75, 3.05) is 19.7 Å². The summed E-state index contributed by atoms with van der Waals surface area (Å²) in [5, 5.41) is 3.49. The molecule has 4 rings (SSSR count). The van der Waals surface area contributed by atoms with Crippen molar-refractivity contribution >= 4 is 11.2 Å². The van der Waals surface area contributed by atoms with Crippen molar-refractivity contribution in [3.8, 4) is 0 Å². The molecule has 4 heterocycles. The van der Waals surface area contributed by atoms with Crippen molar-refractivity contribution in [1.29, 1.82) is 0 Å². The smallest absolute Gasteiger partial charge is 0.160 e. The summed E-state index contributed by atoms with van der Waals surface area (Å²) in [6, 6.07) is 4.45. The molecule has 2 aromatic rings. The van der Waals surface area contributed by atoms with E-state index < -0.39 is 0 Å². The zero-order chi connectivity index (χ0) is 13.4. The van der Waals surface area contributed by atoms with Crippen molar-refractivity contribution in [2.45, 2.75) is 37.8 Å². The topological polar surface area (TPSA) is 52.0 Å². The maximum Gasteiger partial charge on any atom is 0.160 e. The minimum absolute atomic E-state index is 0.145. The molecule has 0 saturated carbocycles. The lowest BCUT2D eigenvalue weighted by Crippen LogP contribution is -2.32. The first-order chi connectivity index (χ1) is 9.93. The molecule has 0 amide bonds. The zero-order valence-electron chi connectivity index (χ0n) is 11.6. The van der Waals surface area contributed by atoms with E-state index in [2.05, 4.69) is 14.9 Å². The van der Waals surface area contributed by atoms with Crippen molar-refractivity contribution in [2.24, 2.45) is 0 Å². The Kier molecular flexibility index (Phi) is 3.16. The molecule has 0 bridgehead atoms. The van der Waals surface area contributed by atoms with Gasteiger partial charge < -0.3 is 14.6 Å². The molecule has 2 saturated heterocycles. The van der Waals surface area contributed by atoms with Crippen LogP contribution in [0.15, 0.2) is 18.3 Å². The van der Waals surface area contributed by atoms with Gasteiger partial charge in [0.2, 0.25) is 0 Å². The maximum atomic E-state index is 5.87. The Morgan fingerprint density at radius 2 is 2.30 bits per heavy atom. The van der Waals surface area contributed by atoms with Gasteiger partial charge in [0.1, 0.15) is 17.4 Å². The summed E-state index contributed by atoms with van der Waals surface area (Å²) in [7, 11) is 0. The van der Waals surface area contributed by atoms with Crippen LogP contribution in [0.1, 0.15) is 43.7 Å². The van der Waals surface area contributed by atoms with E-state index in [0.717, 1.165) is 49.5 Å². The molecule has 2 aliphatic rings. The number of nitrogens with one attached hydrogen (secondary N) is 1. The molecule has 2 aliphatic heterocycles. The van der Waals surface area contributed by atoms with Gasteiger partial charge in [-0.1, -0.05) is 0 Å². The van der Waals surface area contributed by atoms with Crippen LogP contribution in [0.3, 0.4) is 0 Å². The van der Waals surface area contributed by atoms with E-state index in [9.17, 15) is 0 Å². The van der Waals surface area contributed by atoms with Crippen molar-refractivity contribution in [3.05, 3.63) is 24.2 Å². The van der Waals surface area contributed by atoms with Gasteiger partial charge in [0, 0.05) is 25.4 Å². The Balaban J connectivity index is 1.83. The lowest BCUT2D eigenvalue weighted by Gasteiger charge is -2.27. The molecule has 20 heavy (non-hydrogen) atoms. The molecule has 0 radical (unpaired) electrons.